The van der Waals surface area contributed by atoms with Gasteiger partial charge in [-0.1, -0.05) is 12.1 Å². The maximum absolute atomic E-state index is 5.96. The van der Waals surface area contributed by atoms with Crippen LogP contribution in [0.5, 0.6) is 0 Å². The molecule has 3 aromatic rings. The standard InChI is InChI=1S/C15H15N3OS/c16-12-4-1-5-13-14(12)17-15(19-13)18(10-6-7-10)9-11-3-2-8-20-11/h1-5,8,10H,6-7,9,16H2. The summed E-state index contributed by atoms with van der Waals surface area (Å²) in [5.74, 6) is 0. The molecule has 1 saturated carbocycles. The topological polar surface area (TPSA) is 55.3 Å². The van der Waals surface area contributed by atoms with Gasteiger partial charge in [-0.15, -0.1) is 11.3 Å². The first-order valence-electron chi connectivity index (χ1n) is 6.75. The van der Waals surface area contributed by atoms with Gasteiger partial charge in [0.2, 0.25) is 0 Å². The molecular formula is C15H15N3OS. The highest BCUT2D eigenvalue weighted by molar-refractivity contribution is 7.09. The van der Waals surface area contributed by atoms with Gasteiger partial charge in [0.25, 0.3) is 6.01 Å². The van der Waals surface area contributed by atoms with Crippen LogP contribution in [-0.2, 0) is 6.54 Å². The van der Waals surface area contributed by atoms with Crippen LogP contribution in [0, 0.1) is 0 Å². The van der Waals surface area contributed by atoms with Crippen LogP contribution in [0.1, 0.15) is 17.7 Å². The molecule has 4 nitrogen and oxygen atoms in total. The van der Waals surface area contributed by atoms with Crippen molar-refractivity contribution in [1.29, 1.82) is 0 Å². The Morgan fingerprint density at radius 1 is 1.30 bits per heavy atom. The normalized spacial score (nSPS) is 14.8. The van der Waals surface area contributed by atoms with Crippen LogP contribution in [0.15, 0.2) is 40.1 Å². The number of nitrogens with zero attached hydrogens (tertiary/aromatic N) is 2. The lowest BCUT2D eigenvalue weighted by Crippen LogP contribution is -2.24. The predicted molar refractivity (Wildman–Crippen MR) is 81.9 cm³/mol. The number of nitrogen functional groups attached to an aromatic ring is 1. The number of thiophene rings is 1. The van der Waals surface area contributed by atoms with Crippen LogP contribution in [-0.4, -0.2) is 11.0 Å². The molecule has 0 bridgehead atoms. The number of para-hydroxylation sites is 1. The van der Waals surface area contributed by atoms with E-state index in [1.807, 2.05) is 18.2 Å². The zero-order valence-electron chi connectivity index (χ0n) is 11.0. The third-order valence-electron chi connectivity index (χ3n) is 3.58. The average Bonchev–Trinajstić information content (AvgIpc) is 2.99. The van der Waals surface area contributed by atoms with Gasteiger partial charge in [-0.3, -0.25) is 0 Å². The van der Waals surface area contributed by atoms with Gasteiger partial charge < -0.3 is 15.1 Å². The van der Waals surface area contributed by atoms with Gasteiger partial charge in [0, 0.05) is 10.9 Å². The Hall–Kier alpha value is -2.01. The van der Waals surface area contributed by atoms with Crippen molar-refractivity contribution in [3.05, 3.63) is 40.6 Å². The van der Waals surface area contributed by atoms with E-state index >= 15 is 0 Å². The second-order valence-electron chi connectivity index (χ2n) is 5.13. The fourth-order valence-corrected chi connectivity index (χ4v) is 3.09. The van der Waals surface area contributed by atoms with Gasteiger partial charge in [-0.2, -0.15) is 4.98 Å². The van der Waals surface area contributed by atoms with Crippen molar-refractivity contribution in [2.45, 2.75) is 25.4 Å². The van der Waals surface area contributed by atoms with E-state index in [1.54, 1.807) is 11.3 Å². The minimum atomic E-state index is 0.548. The summed E-state index contributed by atoms with van der Waals surface area (Å²) < 4.78 is 5.90. The number of benzene rings is 1. The van der Waals surface area contributed by atoms with Crippen LogP contribution < -0.4 is 10.6 Å². The maximum atomic E-state index is 5.96. The molecule has 2 heterocycles. The van der Waals surface area contributed by atoms with Gasteiger partial charge in [-0.25, -0.2) is 0 Å². The number of anilines is 2. The Morgan fingerprint density at radius 2 is 2.20 bits per heavy atom. The second kappa shape index (κ2) is 4.52. The minimum Gasteiger partial charge on any atom is -0.423 e. The summed E-state index contributed by atoms with van der Waals surface area (Å²) in [6.07, 6.45) is 2.42. The SMILES string of the molecule is Nc1cccc2oc(N(Cc3cccs3)C3CC3)nc12. The molecule has 0 radical (unpaired) electrons. The number of nitrogens with two attached hydrogens (primary N) is 1. The summed E-state index contributed by atoms with van der Waals surface area (Å²) in [4.78, 5) is 8.17. The number of aromatic nitrogens is 1. The summed E-state index contributed by atoms with van der Waals surface area (Å²) in [5, 5.41) is 2.10. The van der Waals surface area contributed by atoms with Crippen LogP contribution in [0.3, 0.4) is 0 Å². The molecule has 2 N–H and O–H groups in total. The smallest absolute Gasteiger partial charge is 0.299 e. The highest BCUT2D eigenvalue weighted by Crippen LogP contribution is 2.35. The van der Waals surface area contributed by atoms with Crippen LogP contribution in [0.2, 0.25) is 0 Å². The van der Waals surface area contributed by atoms with E-state index < -0.39 is 0 Å². The van der Waals surface area contributed by atoms with E-state index in [2.05, 4.69) is 27.4 Å². The van der Waals surface area contributed by atoms with Crippen LogP contribution in [0.4, 0.5) is 11.7 Å². The van der Waals surface area contributed by atoms with E-state index in [1.165, 1.54) is 17.7 Å². The monoisotopic (exact) mass is 285 g/mol. The molecule has 0 spiro atoms. The molecule has 20 heavy (non-hydrogen) atoms. The molecule has 0 aliphatic heterocycles. The summed E-state index contributed by atoms with van der Waals surface area (Å²) in [7, 11) is 0. The van der Waals surface area contributed by atoms with Crippen LogP contribution >= 0.6 is 11.3 Å². The fraction of sp³-hybridized carbons (Fsp3) is 0.267. The zero-order chi connectivity index (χ0) is 13.5. The molecule has 1 fully saturated rings. The lowest BCUT2D eigenvalue weighted by molar-refractivity contribution is 0.563. The van der Waals surface area contributed by atoms with Gasteiger partial charge in [0.15, 0.2) is 5.58 Å². The fourth-order valence-electron chi connectivity index (χ4n) is 2.39. The van der Waals surface area contributed by atoms with E-state index in [4.69, 9.17) is 10.2 Å². The van der Waals surface area contributed by atoms with Gasteiger partial charge in [-0.05, 0) is 36.4 Å². The Kier molecular flexibility index (Phi) is 2.67. The molecule has 4 rings (SSSR count). The summed E-state index contributed by atoms with van der Waals surface area (Å²) in [5.41, 5.74) is 8.15. The number of hydrogen-bond donors (Lipinski definition) is 1. The highest BCUT2D eigenvalue weighted by Gasteiger charge is 2.32. The second-order valence-corrected chi connectivity index (χ2v) is 6.16. The maximum Gasteiger partial charge on any atom is 0.299 e. The molecule has 102 valence electrons. The van der Waals surface area contributed by atoms with Gasteiger partial charge in [0.1, 0.15) is 5.52 Å². The largest absolute Gasteiger partial charge is 0.423 e. The van der Waals surface area contributed by atoms with Crippen molar-refractivity contribution in [3.8, 4) is 0 Å². The molecular weight excluding hydrogens is 270 g/mol. The zero-order valence-corrected chi connectivity index (χ0v) is 11.8. The molecule has 0 saturated heterocycles. The summed E-state index contributed by atoms with van der Waals surface area (Å²) in [6.45, 7) is 0.856. The van der Waals surface area contributed by atoms with E-state index in [-0.39, 0.29) is 0 Å². The molecule has 1 aliphatic rings. The summed E-state index contributed by atoms with van der Waals surface area (Å²) in [6, 6.07) is 11.1. The number of hydrogen-bond acceptors (Lipinski definition) is 5. The lowest BCUT2D eigenvalue weighted by atomic mass is 10.3. The van der Waals surface area contributed by atoms with Crippen molar-refractivity contribution in [3.63, 3.8) is 0 Å². The molecule has 1 aliphatic carbocycles. The van der Waals surface area contributed by atoms with E-state index in [9.17, 15) is 0 Å². The predicted octanol–water partition coefficient (Wildman–Crippen LogP) is 3.64. The third-order valence-corrected chi connectivity index (χ3v) is 4.44. The molecule has 0 amide bonds. The van der Waals surface area contributed by atoms with Crippen molar-refractivity contribution in [2.24, 2.45) is 0 Å². The van der Waals surface area contributed by atoms with E-state index in [0.717, 1.165) is 17.6 Å². The van der Waals surface area contributed by atoms with Crippen molar-refractivity contribution < 1.29 is 4.42 Å². The lowest BCUT2D eigenvalue weighted by Gasteiger charge is -2.18. The Morgan fingerprint density at radius 3 is 2.90 bits per heavy atom. The first kappa shape index (κ1) is 11.8. The van der Waals surface area contributed by atoms with Crippen molar-refractivity contribution >= 4 is 34.1 Å². The molecule has 5 heteroatoms. The van der Waals surface area contributed by atoms with Gasteiger partial charge >= 0.3 is 0 Å². The number of oxazole rings is 1. The first-order valence-corrected chi connectivity index (χ1v) is 7.63. The third kappa shape index (κ3) is 2.04. The Balaban J connectivity index is 1.72. The average molecular weight is 285 g/mol. The van der Waals surface area contributed by atoms with Crippen molar-refractivity contribution in [2.75, 3.05) is 10.6 Å². The highest BCUT2D eigenvalue weighted by atomic mass is 32.1. The molecule has 2 aromatic heterocycles. The Labute approximate surface area is 120 Å². The molecule has 0 atom stereocenters. The minimum absolute atomic E-state index is 0.548. The van der Waals surface area contributed by atoms with Crippen LogP contribution in [0.25, 0.3) is 11.1 Å². The first-order chi connectivity index (χ1) is 9.81. The molecule has 0 unspecified atom stereocenters. The quantitative estimate of drug-likeness (QED) is 0.744. The van der Waals surface area contributed by atoms with E-state index in [0.29, 0.717) is 17.7 Å². The van der Waals surface area contributed by atoms with Gasteiger partial charge in [0.05, 0.1) is 12.2 Å². The number of rotatable bonds is 4. The Bertz CT molecular complexity index is 731. The number of fused-ring (bicyclic) bond motifs is 1. The summed E-state index contributed by atoms with van der Waals surface area (Å²) >= 11 is 1.77. The molecule has 1 aromatic carbocycles. The van der Waals surface area contributed by atoms with Crippen molar-refractivity contribution in [1.82, 2.24) is 4.98 Å².